The fourth-order valence-corrected chi connectivity index (χ4v) is 2.46. The minimum absolute atomic E-state index is 0.306. The second-order valence-corrected chi connectivity index (χ2v) is 6.07. The van der Waals surface area contributed by atoms with Crippen molar-refractivity contribution in [2.75, 3.05) is 5.32 Å². The summed E-state index contributed by atoms with van der Waals surface area (Å²) in [4.78, 5) is 12.4. The maximum absolute atomic E-state index is 13.2. The Kier molecular flexibility index (Phi) is 5.31. The smallest absolute Gasteiger partial charge is 0.266 e. The van der Waals surface area contributed by atoms with Crippen molar-refractivity contribution in [3.8, 4) is 5.75 Å². The molecule has 1 amide bonds. The number of aryl methyl sites for hydroxylation is 1. The maximum atomic E-state index is 13.2. The predicted octanol–water partition coefficient (Wildman–Crippen LogP) is 3.78. The number of hydrogen-bond donors (Lipinski definition) is 1. The lowest BCUT2D eigenvalue weighted by molar-refractivity contribution is -0.122. The van der Waals surface area contributed by atoms with Gasteiger partial charge in [0.1, 0.15) is 17.4 Å². The van der Waals surface area contributed by atoms with E-state index < -0.39 is 11.9 Å². The molecule has 134 valence electrons. The number of nitrogens with zero attached hydrogens (tertiary/aromatic N) is 2. The van der Waals surface area contributed by atoms with Crippen molar-refractivity contribution in [2.45, 2.75) is 26.5 Å². The van der Waals surface area contributed by atoms with Gasteiger partial charge in [0.25, 0.3) is 5.91 Å². The number of rotatable bonds is 6. The van der Waals surface area contributed by atoms with E-state index in [0.717, 1.165) is 5.56 Å². The first-order chi connectivity index (χ1) is 12.5. The van der Waals surface area contributed by atoms with E-state index in [2.05, 4.69) is 10.4 Å². The van der Waals surface area contributed by atoms with Gasteiger partial charge in [-0.05, 0) is 31.5 Å². The van der Waals surface area contributed by atoms with Crippen LogP contribution in [-0.2, 0) is 11.3 Å². The molecule has 3 aromatic rings. The Labute approximate surface area is 151 Å². The zero-order valence-electron chi connectivity index (χ0n) is 14.6. The minimum Gasteiger partial charge on any atom is -0.481 e. The molecule has 1 heterocycles. The molecule has 0 aliphatic carbocycles. The standard InChI is InChI=1S/C20H20FN3O2/c1-14-6-8-16(9-7-14)13-24-19(10-11-22-24)23-20(25)15(2)26-18-5-3-4-17(21)12-18/h3-12,15H,13H2,1-2H3,(H,23,25). The molecule has 1 unspecified atom stereocenters. The monoisotopic (exact) mass is 353 g/mol. The van der Waals surface area contributed by atoms with Crippen LogP contribution in [0, 0.1) is 12.7 Å². The summed E-state index contributed by atoms with van der Waals surface area (Å²) >= 11 is 0. The second-order valence-electron chi connectivity index (χ2n) is 6.07. The first-order valence-electron chi connectivity index (χ1n) is 8.32. The summed E-state index contributed by atoms with van der Waals surface area (Å²) in [5.74, 6) is 0.136. The largest absolute Gasteiger partial charge is 0.481 e. The summed E-state index contributed by atoms with van der Waals surface area (Å²) in [7, 11) is 0. The lowest BCUT2D eigenvalue weighted by Crippen LogP contribution is -2.31. The average molecular weight is 353 g/mol. The molecule has 5 nitrogen and oxygen atoms in total. The van der Waals surface area contributed by atoms with Crippen LogP contribution in [0.2, 0.25) is 0 Å². The van der Waals surface area contributed by atoms with Crippen LogP contribution >= 0.6 is 0 Å². The third-order valence-electron chi connectivity index (χ3n) is 3.90. The van der Waals surface area contributed by atoms with Crippen LogP contribution in [0.1, 0.15) is 18.1 Å². The van der Waals surface area contributed by atoms with Crippen LogP contribution in [0.25, 0.3) is 0 Å². The summed E-state index contributed by atoms with van der Waals surface area (Å²) in [6.45, 7) is 4.19. The molecule has 3 rings (SSSR count). The van der Waals surface area contributed by atoms with Crippen molar-refractivity contribution < 1.29 is 13.9 Å². The maximum Gasteiger partial charge on any atom is 0.266 e. The Morgan fingerprint density at radius 1 is 1.23 bits per heavy atom. The van der Waals surface area contributed by atoms with Crippen molar-refractivity contribution >= 4 is 11.7 Å². The first-order valence-corrected chi connectivity index (χ1v) is 8.32. The molecule has 6 heteroatoms. The van der Waals surface area contributed by atoms with Gasteiger partial charge in [0.15, 0.2) is 6.10 Å². The van der Waals surface area contributed by atoms with E-state index in [-0.39, 0.29) is 5.91 Å². The van der Waals surface area contributed by atoms with Crippen LogP contribution in [-0.4, -0.2) is 21.8 Å². The fourth-order valence-electron chi connectivity index (χ4n) is 2.46. The van der Waals surface area contributed by atoms with Gasteiger partial charge in [-0.3, -0.25) is 4.79 Å². The van der Waals surface area contributed by atoms with Gasteiger partial charge in [0, 0.05) is 12.1 Å². The summed E-state index contributed by atoms with van der Waals surface area (Å²) in [5.41, 5.74) is 2.27. The van der Waals surface area contributed by atoms with Crippen LogP contribution in [0.3, 0.4) is 0 Å². The van der Waals surface area contributed by atoms with Crippen LogP contribution < -0.4 is 10.1 Å². The molecule has 26 heavy (non-hydrogen) atoms. The van der Waals surface area contributed by atoms with E-state index in [0.29, 0.717) is 18.1 Å². The molecule has 1 atom stereocenters. The highest BCUT2D eigenvalue weighted by Gasteiger charge is 2.17. The molecule has 0 saturated carbocycles. The molecule has 0 bridgehead atoms. The number of carbonyl (C=O) groups is 1. The van der Waals surface area contributed by atoms with Crippen LogP contribution in [0.4, 0.5) is 10.2 Å². The highest BCUT2D eigenvalue weighted by Crippen LogP contribution is 2.16. The molecule has 0 fully saturated rings. The van der Waals surface area contributed by atoms with E-state index in [1.807, 2.05) is 31.2 Å². The number of amides is 1. The van der Waals surface area contributed by atoms with Gasteiger partial charge in [-0.2, -0.15) is 5.10 Å². The molecule has 0 aliphatic heterocycles. The van der Waals surface area contributed by atoms with E-state index in [4.69, 9.17) is 4.74 Å². The first kappa shape index (κ1) is 17.7. The molecule has 2 aromatic carbocycles. The van der Waals surface area contributed by atoms with Gasteiger partial charge < -0.3 is 10.1 Å². The zero-order chi connectivity index (χ0) is 18.5. The minimum atomic E-state index is -0.778. The Balaban J connectivity index is 1.64. The fraction of sp³-hybridized carbons (Fsp3) is 0.200. The molecular weight excluding hydrogens is 333 g/mol. The predicted molar refractivity (Wildman–Crippen MR) is 97.6 cm³/mol. The van der Waals surface area contributed by atoms with Crippen molar-refractivity contribution in [1.29, 1.82) is 0 Å². The lowest BCUT2D eigenvalue weighted by atomic mass is 10.1. The quantitative estimate of drug-likeness (QED) is 0.734. The lowest BCUT2D eigenvalue weighted by Gasteiger charge is -2.15. The third-order valence-corrected chi connectivity index (χ3v) is 3.90. The number of nitrogens with one attached hydrogen (secondary N) is 1. The molecule has 0 saturated heterocycles. The van der Waals surface area contributed by atoms with E-state index in [1.165, 1.54) is 23.8 Å². The van der Waals surface area contributed by atoms with Crippen molar-refractivity contribution in [3.05, 3.63) is 77.7 Å². The molecule has 0 spiro atoms. The van der Waals surface area contributed by atoms with E-state index in [9.17, 15) is 9.18 Å². The van der Waals surface area contributed by atoms with Gasteiger partial charge in [0.2, 0.25) is 0 Å². The molecule has 1 N–H and O–H groups in total. The molecule has 0 radical (unpaired) electrons. The van der Waals surface area contributed by atoms with Crippen molar-refractivity contribution in [3.63, 3.8) is 0 Å². The summed E-state index contributed by atoms with van der Waals surface area (Å²) < 4.78 is 20.4. The number of anilines is 1. The molecule has 0 aliphatic rings. The summed E-state index contributed by atoms with van der Waals surface area (Å²) in [6, 6.07) is 15.5. The van der Waals surface area contributed by atoms with Gasteiger partial charge in [-0.15, -0.1) is 0 Å². The van der Waals surface area contributed by atoms with Crippen molar-refractivity contribution in [2.24, 2.45) is 0 Å². The topological polar surface area (TPSA) is 56.2 Å². The Morgan fingerprint density at radius 3 is 2.73 bits per heavy atom. The Morgan fingerprint density at radius 2 is 2.00 bits per heavy atom. The number of carbonyl (C=O) groups excluding carboxylic acids is 1. The number of halogens is 1. The summed E-state index contributed by atoms with van der Waals surface area (Å²) in [6.07, 6.45) is 0.849. The number of hydrogen-bond acceptors (Lipinski definition) is 3. The van der Waals surface area contributed by atoms with Gasteiger partial charge in [-0.25, -0.2) is 9.07 Å². The Hall–Kier alpha value is -3.15. The number of aromatic nitrogens is 2. The number of benzene rings is 2. The molecule has 1 aromatic heterocycles. The van der Waals surface area contributed by atoms with Crippen LogP contribution in [0.5, 0.6) is 5.75 Å². The van der Waals surface area contributed by atoms with E-state index >= 15 is 0 Å². The van der Waals surface area contributed by atoms with Gasteiger partial charge >= 0.3 is 0 Å². The highest BCUT2D eigenvalue weighted by molar-refractivity contribution is 5.93. The van der Waals surface area contributed by atoms with Gasteiger partial charge in [-0.1, -0.05) is 35.9 Å². The zero-order valence-corrected chi connectivity index (χ0v) is 14.6. The normalized spacial score (nSPS) is 11.8. The van der Waals surface area contributed by atoms with Gasteiger partial charge in [0.05, 0.1) is 12.7 Å². The van der Waals surface area contributed by atoms with Crippen LogP contribution in [0.15, 0.2) is 60.8 Å². The highest BCUT2D eigenvalue weighted by atomic mass is 19.1. The second kappa shape index (κ2) is 7.82. The van der Waals surface area contributed by atoms with E-state index in [1.54, 1.807) is 29.9 Å². The van der Waals surface area contributed by atoms with Crippen molar-refractivity contribution in [1.82, 2.24) is 9.78 Å². The summed E-state index contributed by atoms with van der Waals surface area (Å²) in [5, 5.41) is 7.05. The third kappa shape index (κ3) is 4.47. The average Bonchev–Trinajstić information content (AvgIpc) is 3.03. The SMILES string of the molecule is Cc1ccc(Cn2nccc2NC(=O)C(C)Oc2cccc(F)c2)cc1. The Bertz CT molecular complexity index is 890. The number of ether oxygens (including phenoxy) is 1. The molecular formula is C20H20FN3O2.